The number of hydrogen-bond acceptors (Lipinski definition) is 5. The number of hydrogen-bond donors (Lipinski definition) is 0. The maximum absolute atomic E-state index is 13.0. The Bertz CT molecular complexity index is 1040. The second kappa shape index (κ2) is 11.1. The molecule has 3 aromatic rings. The van der Waals surface area contributed by atoms with Crippen LogP contribution in [0.1, 0.15) is 37.3 Å². The van der Waals surface area contributed by atoms with E-state index in [0.717, 1.165) is 24.1 Å². The zero-order chi connectivity index (χ0) is 23.8. The van der Waals surface area contributed by atoms with Crippen LogP contribution in [0.5, 0.6) is 0 Å². The van der Waals surface area contributed by atoms with E-state index in [1.807, 2.05) is 44.2 Å². The van der Waals surface area contributed by atoms with Crippen LogP contribution < -0.4 is 0 Å². The zero-order valence-electron chi connectivity index (χ0n) is 18.5. The molecule has 0 spiro atoms. The second-order valence-electron chi connectivity index (χ2n) is 7.66. The normalized spacial score (nSPS) is 12.5. The molecular formula is C24H26F3N3O3. The number of halogens is 3. The molecule has 3 rings (SSSR count). The third kappa shape index (κ3) is 6.89. The van der Waals surface area contributed by atoms with Crippen LogP contribution in [-0.2, 0) is 28.7 Å². The van der Waals surface area contributed by atoms with Crippen molar-refractivity contribution < 1.29 is 27.2 Å². The Morgan fingerprint density at radius 1 is 1.15 bits per heavy atom. The van der Waals surface area contributed by atoms with E-state index in [1.165, 1.54) is 12.1 Å². The van der Waals surface area contributed by atoms with E-state index < -0.39 is 11.7 Å². The molecule has 0 fully saturated rings. The summed E-state index contributed by atoms with van der Waals surface area (Å²) in [7, 11) is 0. The van der Waals surface area contributed by atoms with E-state index in [2.05, 4.69) is 10.1 Å². The lowest BCUT2D eigenvalue weighted by Crippen LogP contribution is -2.41. The fourth-order valence-electron chi connectivity index (χ4n) is 3.25. The highest BCUT2D eigenvalue weighted by atomic mass is 19.4. The fourth-order valence-corrected chi connectivity index (χ4v) is 3.25. The number of ether oxygens (including phenoxy) is 1. The van der Waals surface area contributed by atoms with E-state index in [9.17, 15) is 18.0 Å². The van der Waals surface area contributed by atoms with E-state index in [4.69, 9.17) is 9.26 Å². The molecule has 9 heteroatoms. The molecule has 1 amide bonds. The van der Waals surface area contributed by atoms with Gasteiger partial charge in [0.15, 0.2) is 0 Å². The maximum Gasteiger partial charge on any atom is 0.416 e. The zero-order valence-corrected chi connectivity index (χ0v) is 18.5. The van der Waals surface area contributed by atoms with Gasteiger partial charge in [-0.2, -0.15) is 18.2 Å². The summed E-state index contributed by atoms with van der Waals surface area (Å²) < 4.78 is 49.7. The molecule has 0 saturated carbocycles. The summed E-state index contributed by atoms with van der Waals surface area (Å²) >= 11 is 0. The molecule has 1 unspecified atom stereocenters. The average Bonchev–Trinajstić information content (AvgIpc) is 3.28. The third-order valence-corrected chi connectivity index (χ3v) is 5.26. The van der Waals surface area contributed by atoms with Gasteiger partial charge in [0.1, 0.15) is 6.61 Å². The molecule has 1 aromatic heterocycles. The quantitative estimate of drug-likeness (QED) is 0.418. The van der Waals surface area contributed by atoms with Gasteiger partial charge in [-0.1, -0.05) is 54.5 Å². The van der Waals surface area contributed by atoms with Gasteiger partial charge < -0.3 is 14.2 Å². The molecule has 1 heterocycles. The smallest absolute Gasteiger partial charge is 0.367 e. The van der Waals surface area contributed by atoms with E-state index in [-0.39, 0.29) is 42.3 Å². The number of nitrogens with zero attached hydrogens (tertiary/aromatic N) is 3. The summed E-state index contributed by atoms with van der Waals surface area (Å²) in [5.74, 6) is 0.162. The van der Waals surface area contributed by atoms with Gasteiger partial charge in [-0.15, -0.1) is 0 Å². The molecule has 176 valence electrons. The summed E-state index contributed by atoms with van der Waals surface area (Å²) in [5, 5.41) is 3.80. The Morgan fingerprint density at radius 2 is 1.91 bits per heavy atom. The van der Waals surface area contributed by atoms with Gasteiger partial charge in [-0.05, 0) is 31.0 Å². The van der Waals surface area contributed by atoms with Crippen molar-refractivity contribution in [2.75, 3.05) is 13.2 Å². The fraction of sp³-hybridized carbons (Fsp3) is 0.375. The molecule has 0 radical (unpaired) electrons. The molecule has 0 aliphatic carbocycles. The number of aromatic nitrogens is 2. The first kappa shape index (κ1) is 24.4. The van der Waals surface area contributed by atoms with Crippen molar-refractivity contribution >= 4 is 5.91 Å². The van der Waals surface area contributed by atoms with Crippen LogP contribution >= 0.6 is 0 Å². The molecule has 1 atom stereocenters. The standard InChI is InChI=1S/C24H26F3N3O3/c1-3-17(2)30(22(31)16-32-15-18-8-5-4-6-9-18)13-12-21-28-23(29-33-21)19-10-7-11-20(14-19)24(25,26)27/h4-11,14,17H,3,12-13,15-16H2,1-2H3. The van der Waals surface area contributed by atoms with Crippen molar-refractivity contribution in [1.82, 2.24) is 15.0 Å². The molecule has 0 saturated heterocycles. The SMILES string of the molecule is CCC(C)N(CCc1nc(-c2cccc(C(F)(F)F)c2)no1)C(=O)COCc1ccccc1. The number of carbonyl (C=O) groups excluding carboxylic acids is 1. The van der Waals surface area contributed by atoms with Crippen LogP contribution in [0.2, 0.25) is 0 Å². The lowest BCUT2D eigenvalue weighted by atomic mass is 10.1. The molecule has 0 aliphatic rings. The van der Waals surface area contributed by atoms with Crippen LogP contribution in [0.3, 0.4) is 0 Å². The molecule has 2 aromatic carbocycles. The first-order valence-electron chi connectivity index (χ1n) is 10.7. The van der Waals surface area contributed by atoms with Gasteiger partial charge in [0.05, 0.1) is 12.2 Å². The minimum atomic E-state index is -4.46. The minimum absolute atomic E-state index is 0.0244. The van der Waals surface area contributed by atoms with Gasteiger partial charge in [-0.3, -0.25) is 4.79 Å². The first-order chi connectivity index (χ1) is 15.8. The summed E-state index contributed by atoms with van der Waals surface area (Å²) in [6.07, 6.45) is -3.42. The van der Waals surface area contributed by atoms with Crippen molar-refractivity contribution in [2.45, 2.75) is 45.5 Å². The monoisotopic (exact) mass is 461 g/mol. The van der Waals surface area contributed by atoms with Gasteiger partial charge in [0.2, 0.25) is 17.6 Å². The van der Waals surface area contributed by atoms with Crippen molar-refractivity contribution in [1.29, 1.82) is 0 Å². The van der Waals surface area contributed by atoms with Gasteiger partial charge >= 0.3 is 6.18 Å². The highest BCUT2D eigenvalue weighted by molar-refractivity contribution is 5.77. The summed E-state index contributed by atoms with van der Waals surface area (Å²) in [6, 6.07) is 14.3. The average molecular weight is 461 g/mol. The molecule has 0 aliphatic heterocycles. The lowest BCUT2D eigenvalue weighted by Gasteiger charge is -2.28. The Morgan fingerprint density at radius 3 is 2.61 bits per heavy atom. The minimum Gasteiger partial charge on any atom is -0.367 e. The lowest BCUT2D eigenvalue weighted by molar-refractivity contribution is -0.139. The topological polar surface area (TPSA) is 68.5 Å². The molecule has 0 bridgehead atoms. The van der Waals surface area contributed by atoms with Crippen LogP contribution in [0.25, 0.3) is 11.4 Å². The first-order valence-corrected chi connectivity index (χ1v) is 10.7. The highest BCUT2D eigenvalue weighted by Crippen LogP contribution is 2.31. The third-order valence-electron chi connectivity index (χ3n) is 5.26. The number of benzene rings is 2. The summed E-state index contributed by atoms with van der Waals surface area (Å²) in [6.45, 7) is 4.53. The van der Waals surface area contributed by atoms with Gasteiger partial charge in [0, 0.05) is 24.6 Å². The predicted molar refractivity (Wildman–Crippen MR) is 116 cm³/mol. The van der Waals surface area contributed by atoms with Crippen LogP contribution in [-0.4, -0.2) is 40.1 Å². The van der Waals surface area contributed by atoms with Crippen molar-refractivity contribution in [3.05, 3.63) is 71.6 Å². The van der Waals surface area contributed by atoms with Crippen molar-refractivity contribution in [2.24, 2.45) is 0 Å². The molecule has 0 N–H and O–H groups in total. The van der Waals surface area contributed by atoms with E-state index >= 15 is 0 Å². The van der Waals surface area contributed by atoms with Crippen LogP contribution in [0.4, 0.5) is 13.2 Å². The molecule has 6 nitrogen and oxygen atoms in total. The number of rotatable bonds is 10. The Balaban J connectivity index is 1.60. The largest absolute Gasteiger partial charge is 0.416 e. The second-order valence-corrected chi connectivity index (χ2v) is 7.66. The van der Waals surface area contributed by atoms with E-state index in [1.54, 1.807) is 4.90 Å². The number of amides is 1. The number of alkyl halides is 3. The van der Waals surface area contributed by atoms with Crippen molar-refractivity contribution in [3.8, 4) is 11.4 Å². The predicted octanol–water partition coefficient (Wildman–Crippen LogP) is 5.14. The Hall–Kier alpha value is -3.20. The van der Waals surface area contributed by atoms with Gasteiger partial charge in [-0.25, -0.2) is 0 Å². The number of carbonyl (C=O) groups is 1. The highest BCUT2D eigenvalue weighted by Gasteiger charge is 2.30. The molecular weight excluding hydrogens is 435 g/mol. The van der Waals surface area contributed by atoms with Crippen molar-refractivity contribution in [3.63, 3.8) is 0 Å². The maximum atomic E-state index is 13.0. The summed E-state index contributed by atoms with van der Waals surface area (Å²) in [5.41, 5.74) is 0.410. The van der Waals surface area contributed by atoms with Crippen LogP contribution in [0.15, 0.2) is 59.1 Å². The van der Waals surface area contributed by atoms with E-state index in [0.29, 0.717) is 13.2 Å². The molecule has 33 heavy (non-hydrogen) atoms. The van der Waals surface area contributed by atoms with Gasteiger partial charge in [0.25, 0.3) is 0 Å². The Kier molecular flexibility index (Phi) is 8.21. The Labute approximate surface area is 190 Å². The van der Waals surface area contributed by atoms with Crippen LogP contribution in [0, 0.1) is 0 Å². The summed E-state index contributed by atoms with van der Waals surface area (Å²) in [4.78, 5) is 18.6.